The normalized spacial score (nSPS) is 13.5. The van der Waals surface area contributed by atoms with Crippen LogP contribution in [0, 0.1) is 6.92 Å². The van der Waals surface area contributed by atoms with Gasteiger partial charge in [0.15, 0.2) is 0 Å². The molecule has 0 unspecified atom stereocenters. The smallest absolute Gasteiger partial charge is 0.240 e. The molecule has 0 spiro atoms. The molecule has 1 N–H and O–H groups in total. The van der Waals surface area contributed by atoms with Crippen LogP contribution in [0.3, 0.4) is 0 Å². The number of hydrogen-bond donors (Lipinski definition) is 1. The molecule has 120 valence electrons. The first-order chi connectivity index (χ1) is 10.3. The second kappa shape index (κ2) is 7.10. The van der Waals surface area contributed by atoms with E-state index in [9.17, 15) is 8.42 Å². The Morgan fingerprint density at radius 1 is 1.32 bits per heavy atom. The Morgan fingerprint density at radius 2 is 2.05 bits per heavy atom. The van der Waals surface area contributed by atoms with E-state index in [-0.39, 0.29) is 10.9 Å². The lowest BCUT2D eigenvalue weighted by Gasteiger charge is -2.24. The van der Waals surface area contributed by atoms with E-state index in [0.29, 0.717) is 17.1 Å². The molecule has 0 aliphatic carbocycles. The predicted molar refractivity (Wildman–Crippen MR) is 92.1 cm³/mol. The zero-order chi connectivity index (χ0) is 16.3. The maximum absolute atomic E-state index is 12.5. The summed E-state index contributed by atoms with van der Waals surface area (Å²) in [5.74, 6) is 0. The topological polar surface area (TPSA) is 49.4 Å². The molecule has 1 heterocycles. The van der Waals surface area contributed by atoms with Crippen molar-refractivity contribution in [2.45, 2.75) is 17.9 Å². The molecule has 0 radical (unpaired) electrons. The van der Waals surface area contributed by atoms with E-state index in [1.54, 1.807) is 30.4 Å². The SMILES string of the molecule is Cc1cc(Cl)ccc1S(=O)(=O)NC[C@H](c1ccsc1)N(C)C. The summed E-state index contributed by atoms with van der Waals surface area (Å²) < 4.78 is 27.7. The maximum atomic E-state index is 12.5. The number of nitrogens with one attached hydrogen (secondary N) is 1. The third-order valence-electron chi connectivity index (χ3n) is 3.44. The van der Waals surface area contributed by atoms with Crippen molar-refractivity contribution < 1.29 is 8.42 Å². The Morgan fingerprint density at radius 3 is 2.59 bits per heavy atom. The minimum Gasteiger partial charge on any atom is -0.301 e. The van der Waals surface area contributed by atoms with E-state index in [1.807, 2.05) is 35.8 Å². The zero-order valence-electron chi connectivity index (χ0n) is 12.7. The largest absolute Gasteiger partial charge is 0.301 e. The average Bonchev–Trinajstić information content (AvgIpc) is 2.91. The zero-order valence-corrected chi connectivity index (χ0v) is 15.1. The summed E-state index contributed by atoms with van der Waals surface area (Å²) in [6, 6.07) is 6.78. The highest BCUT2D eigenvalue weighted by Gasteiger charge is 2.21. The Hall–Kier alpha value is -0.920. The summed E-state index contributed by atoms with van der Waals surface area (Å²) in [5.41, 5.74) is 1.74. The summed E-state index contributed by atoms with van der Waals surface area (Å²) in [4.78, 5) is 2.26. The van der Waals surface area contributed by atoms with Crippen LogP contribution in [0.1, 0.15) is 17.2 Å². The minimum atomic E-state index is -3.56. The standard InChI is InChI=1S/C15H19ClN2O2S2/c1-11-8-13(16)4-5-15(11)22(19,20)17-9-14(18(2)3)12-6-7-21-10-12/h4-8,10,14,17H,9H2,1-3H3/t14-/m1/s1. The highest BCUT2D eigenvalue weighted by Crippen LogP contribution is 2.22. The first-order valence-electron chi connectivity index (χ1n) is 6.75. The molecule has 0 fully saturated rings. The molecule has 0 aliphatic rings. The van der Waals surface area contributed by atoms with E-state index in [0.717, 1.165) is 5.56 Å². The van der Waals surface area contributed by atoms with Gasteiger partial charge in [0.1, 0.15) is 0 Å². The van der Waals surface area contributed by atoms with Gasteiger partial charge in [-0.15, -0.1) is 0 Å². The number of benzene rings is 1. The van der Waals surface area contributed by atoms with Crippen molar-refractivity contribution >= 4 is 33.0 Å². The predicted octanol–water partition coefficient (Wildman–Crippen LogP) is 3.29. The van der Waals surface area contributed by atoms with Gasteiger partial charge >= 0.3 is 0 Å². The fourth-order valence-corrected chi connectivity index (χ4v) is 4.44. The van der Waals surface area contributed by atoms with Crippen LogP contribution < -0.4 is 4.72 Å². The molecule has 22 heavy (non-hydrogen) atoms. The van der Waals surface area contributed by atoms with Crippen LogP contribution in [0.25, 0.3) is 0 Å². The lowest BCUT2D eigenvalue weighted by atomic mass is 10.1. The molecule has 1 aromatic carbocycles. The summed E-state index contributed by atoms with van der Waals surface area (Å²) in [6.45, 7) is 2.05. The van der Waals surface area contributed by atoms with Crippen LogP contribution in [-0.2, 0) is 10.0 Å². The van der Waals surface area contributed by atoms with E-state index in [4.69, 9.17) is 11.6 Å². The first-order valence-corrected chi connectivity index (χ1v) is 9.56. The minimum absolute atomic E-state index is 0.00590. The van der Waals surface area contributed by atoms with Crippen molar-refractivity contribution in [3.8, 4) is 0 Å². The lowest BCUT2D eigenvalue weighted by molar-refractivity contribution is 0.300. The monoisotopic (exact) mass is 358 g/mol. The number of halogens is 1. The van der Waals surface area contributed by atoms with Crippen LogP contribution >= 0.6 is 22.9 Å². The second-order valence-electron chi connectivity index (χ2n) is 5.30. The Bertz CT molecular complexity index is 728. The molecular weight excluding hydrogens is 340 g/mol. The first kappa shape index (κ1) is 17.4. The van der Waals surface area contributed by atoms with Crippen molar-refractivity contribution in [3.05, 3.63) is 51.2 Å². The van der Waals surface area contributed by atoms with E-state index in [1.165, 1.54) is 6.07 Å². The molecule has 0 aliphatic heterocycles. The molecule has 2 aromatic rings. The molecule has 4 nitrogen and oxygen atoms in total. The van der Waals surface area contributed by atoms with Crippen LogP contribution in [-0.4, -0.2) is 34.0 Å². The van der Waals surface area contributed by atoms with Gasteiger partial charge in [0.2, 0.25) is 10.0 Å². The highest BCUT2D eigenvalue weighted by molar-refractivity contribution is 7.89. The summed E-state index contributed by atoms with van der Waals surface area (Å²) in [7, 11) is 0.310. The lowest BCUT2D eigenvalue weighted by Crippen LogP contribution is -2.34. The van der Waals surface area contributed by atoms with Crippen molar-refractivity contribution in [1.82, 2.24) is 9.62 Å². The molecule has 0 saturated heterocycles. The van der Waals surface area contributed by atoms with Crippen molar-refractivity contribution in [3.63, 3.8) is 0 Å². The van der Waals surface area contributed by atoms with E-state index in [2.05, 4.69) is 4.72 Å². The van der Waals surface area contributed by atoms with Crippen molar-refractivity contribution in [1.29, 1.82) is 0 Å². The molecule has 1 aromatic heterocycles. The Kier molecular flexibility index (Phi) is 5.63. The number of rotatable bonds is 6. The van der Waals surface area contributed by atoms with Gasteiger partial charge in [-0.25, -0.2) is 13.1 Å². The quantitative estimate of drug-likeness (QED) is 0.862. The summed E-state index contributed by atoms with van der Waals surface area (Å²) >= 11 is 7.48. The van der Waals surface area contributed by atoms with Gasteiger partial charge in [-0.1, -0.05) is 11.6 Å². The number of aryl methyl sites for hydroxylation is 1. The van der Waals surface area contributed by atoms with Gasteiger partial charge < -0.3 is 4.90 Å². The van der Waals surface area contributed by atoms with Crippen LogP contribution in [0.15, 0.2) is 39.9 Å². The van der Waals surface area contributed by atoms with Gasteiger partial charge in [0, 0.05) is 17.6 Å². The molecule has 7 heteroatoms. The molecule has 0 saturated carbocycles. The number of nitrogens with zero attached hydrogens (tertiary/aromatic N) is 1. The van der Waals surface area contributed by atoms with Crippen molar-refractivity contribution in [2.75, 3.05) is 20.6 Å². The summed E-state index contributed by atoms with van der Waals surface area (Å²) in [6.07, 6.45) is 0. The molecule has 2 rings (SSSR count). The summed E-state index contributed by atoms with van der Waals surface area (Å²) in [5, 5.41) is 4.55. The van der Waals surface area contributed by atoms with Crippen LogP contribution in [0.4, 0.5) is 0 Å². The van der Waals surface area contributed by atoms with E-state index < -0.39 is 10.0 Å². The molecule has 1 atom stereocenters. The Labute approximate surface area is 140 Å². The Balaban J connectivity index is 2.18. The van der Waals surface area contributed by atoms with Gasteiger partial charge in [0.05, 0.1) is 4.90 Å². The number of hydrogen-bond acceptors (Lipinski definition) is 4. The molecule has 0 bridgehead atoms. The van der Waals surface area contributed by atoms with Gasteiger partial charge in [-0.05, 0) is 67.2 Å². The third-order valence-corrected chi connectivity index (χ3v) is 5.96. The van der Waals surface area contributed by atoms with Gasteiger partial charge in [-0.2, -0.15) is 11.3 Å². The fourth-order valence-electron chi connectivity index (χ4n) is 2.24. The van der Waals surface area contributed by atoms with Gasteiger partial charge in [0.25, 0.3) is 0 Å². The van der Waals surface area contributed by atoms with Crippen LogP contribution in [0.5, 0.6) is 0 Å². The highest BCUT2D eigenvalue weighted by atomic mass is 35.5. The average molecular weight is 359 g/mol. The number of thiophene rings is 1. The number of sulfonamides is 1. The van der Waals surface area contributed by atoms with Crippen molar-refractivity contribution in [2.24, 2.45) is 0 Å². The fraction of sp³-hybridized carbons (Fsp3) is 0.333. The molecule has 0 amide bonds. The van der Waals surface area contributed by atoms with Crippen LogP contribution in [0.2, 0.25) is 5.02 Å². The third kappa shape index (κ3) is 4.08. The van der Waals surface area contributed by atoms with Gasteiger partial charge in [-0.3, -0.25) is 0 Å². The second-order valence-corrected chi connectivity index (χ2v) is 8.25. The number of likely N-dealkylation sites (N-methyl/N-ethyl adjacent to an activating group) is 1. The molecular formula is C15H19ClN2O2S2. The maximum Gasteiger partial charge on any atom is 0.240 e. The van der Waals surface area contributed by atoms with E-state index >= 15 is 0 Å².